The van der Waals surface area contributed by atoms with Gasteiger partial charge >= 0.3 is 0 Å². The van der Waals surface area contributed by atoms with Gasteiger partial charge in [0, 0.05) is 37.1 Å². The molecule has 19 heavy (non-hydrogen) atoms. The largest absolute Gasteiger partial charge is 0.381 e. The molecule has 0 aliphatic carbocycles. The van der Waals surface area contributed by atoms with Crippen LogP contribution in [0, 0.1) is 0 Å². The van der Waals surface area contributed by atoms with Crippen molar-refractivity contribution in [2.75, 3.05) is 36.4 Å². The number of hydrogen-bond donors (Lipinski definition) is 2. The lowest BCUT2D eigenvalue weighted by Gasteiger charge is -2.29. The van der Waals surface area contributed by atoms with Crippen molar-refractivity contribution in [3.63, 3.8) is 0 Å². The van der Waals surface area contributed by atoms with Gasteiger partial charge in [-0.15, -0.1) is 0 Å². The van der Waals surface area contributed by atoms with Gasteiger partial charge in [-0.3, -0.25) is 0 Å². The molecule has 1 aromatic rings. The highest BCUT2D eigenvalue weighted by molar-refractivity contribution is 5.55. The molecule has 1 atom stereocenters. The lowest BCUT2D eigenvalue weighted by atomic mass is 10.1. The number of piperidine rings is 2. The molecule has 0 bridgehead atoms. The van der Waals surface area contributed by atoms with Gasteiger partial charge < -0.3 is 15.5 Å². The molecule has 3 rings (SSSR count). The predicted molar refractivity (Wildman–Crippen MR) is 82.0 cm³/mol. The van der Waals surface area contributed by atoms with E-state index in [4.69, 9.17) is 0 Å². The third kappa shape index (κ3) is 3.41. The molecule has 1 aromatic carbocycles. The van der Waals surface area contributed by atoms with Gasteiger partial charge in [0.1, 0.15) is 0 Å². The van der Waals surface area contributed by atoms with Gasteiger partial charge in [0.2, 0.25) is 0 Å². The molecule has 104 valence electrons. The maximum Gasteiger partial charge on any atom is 0.0386 e. The lowest BCUT2D eigenvalue weighted by molar-refractivity contribution is 0.480. The van der Waals surface area contributed by atoms with Gasteiger partial charge in [-0.2, -0.15) is 0 Å². The van der Waals surface area contributed by atoms with E-state index in [2.05, 4.69) is 39.8 Å². The molecular formula is C16H25N3. The fourth-order valence-electron chi connectivity index (χ4n) is 3.13. The van der Waals surface area contributed by atoms with Crippen LogP contribution in [0.1, 0.15) is 32.1 Å². The van der Waals surface area contributed by atoms with Gasteiger partial charge in [-0.05, 0) is 62.9 Å². The number of hydrogen-bond acceptors (Lipinski definition) is 3. The van der Waals surface area contributed by atoms with Crippen LogP contribution in [0.2, 0.25) is 0 Å². The molecule has 1 unspecified atom stereocenters. The van der Waals surface area contributed by atoms with E-state index in [-0.39, 0.29) is 0 Å². The Morgan fingerprint density at radius 2 is 1.79 bits per heavy atom. The van der Waals surface area contributed by atoms with Crippen LogP contribution < -0.4 is 15.5 Å². The molecule has 0 amide bonds. The molecule has 2 N–H and O–H groups in total. The second-order valence-corrected chi connectivity index (χ2v) is 5.78. The van der Waals surface area contributed by atoms with Crippen LogP contribution in [0.15, 0.2) is 24.3 Å². The van der Waals surface area contributed by atoms with Crippen molar-refractivity contribution in [3.05, 3.63) is 24.3 Å². The van der Waals surface area contributed by atoms with Gasteiger partial charge in [0.05, 0.1) is 0 Å². The molecule has 3 nitrogen and oxygen atoms in total. The Kier molecular flexibility index (Phi) is 4.23. The van der Waals surface area contributed by atoms with E-state index in [1.165, 1.54) is 63.1 Å². The van der Waals surface area contributed by atoms with E-state index in [0.29, 0.717) is 6.04 Å². The van der Waals surface area contributed by atoms with Crippen LogP contribution in [0.4, 0.5) is 11.4 Å². The van der Waals surface area contributed by atoms with Crippen LogP contribution in [0.3, 0.4) is 0 Å². The van der Waals surface area contributed by atoms with E-state index >= 15 is 0 Å². The second-order valence-electron chi connectivity index (χ2n) is 5.78. The zero-order valence-electron chi connectivity index (χ0n) is 11.7. The Balaban J connectivity index is 1.58. The lowest BCUT2D eigenvalue weighted by Crippen LogP contribution is -2.38. The topological polar surface area (TPSA) is 27.3 Å². The first-order valence-corrected chi connectivity index (χ1v) is 7.74. The van der Waals surface area contributed by atoms with Crippen molar-refractivity contribution in [1.29, 1.82) is 0 Å². The zero-order valence-corrected chi connectivity index (χ0v) is 11.7. The van der Waals surface area contributed by atoms with E-state index in [0.717, 1.165) is 6.54 Å². The third-order valence-electron chi connectivity index (χ3n) is 4.26. The van der Waals surface area contributed by atoms with E-state index in [1.807, 2.05) is 0 Å². The summed E-state index contributed by atoms with van der Waals surface area (Å²) in [4.78, 5) is 2.51. The molecule has 0 radical (unpaired) electrons. The molecule has 0 saturated carbocycles. The smallest absolute Gasteiger partial charge is 0.0386 e. The standard InChI is InChI=1S/C16H25N3/c1-2-11-19(12-3-1)16-8-6-14(7-9-16)18-15-5-4-10-17-13-15/h6-9,15,17-18H,1-5,10-13H2. The molecule has 2 fully saturated rings. The van der Waals surface area contributed by atoms with Gasteiger partial charge in [0.25, 0.3) is 0 Å². The van der Waals surface area contributed by atoms with Crippen molar-refractivity contribution in [2.24, 2.45) is 0 Å². The zero-order chi connectivity index (χ0) is 12.9. The highest BCUT2D eigenvalue weighted by Crippen LogP contribution is 2.22. The SMILES string of the molecule is c1cc(N2CCCCC2)ccc1NC1CCCNC1. The third-order valence-corrected chi connectivity index (χ3v) is 4.26. The maximum absolute atomic E-state index is 3.63. The van der Waals surface area contributed by atoms with Crippen molar-refractivity contribution >= 4 is 11.4 Å². The molecule has 2 aliphatic heterocycles. The molecular weight excluding hydrogens is 234 g/mol. The van der Waals surface area contributed by atoms with Crippen molar-refractivity contribution in [2.45, 2.75) is 38.1 Å². The average Bonchev–Trinajstić information content (AvgIpc) is 2.50. The summed E-state index contributed by atoms with van der Waals surface area (Å²) in [6, 6.07) is 9.60. The monoisotopic (exact) mass is 259 g/mol. The first-order valence-electron chi connectivity index (χ1n) is 7.74. The number of benzene rings is 1. The average molecular weight is 259 g/mol. The summed E-state index contributed by atoms with van der Waals surface area (Å²) in [5.74, 6) is 0. The minimum Gasteiger partial charge on any atom is -0.381 e. The number of nitrogens with zero attached hydrogens (tertiary/aromatic N) is 1. The molecule has 3 heteroatoms. The molecule has 2 heterocycles. The Bertz CT molecular complexity index is 375. The van der Waals surface area contributed by atoms with Crippen molar-refractivity contribution in [1.82, 2.24) is 5.32 Å². The van der Waals surface area contributed by atoms with Crippen LogP contribution in [-0.2, 0) is 0 Å². The summed E-state index contributed by atoms with van der Waals surface area (Å²) in [7, 11) is 0. The van der Waals surface area contributed by atoms with Gasteiger partial charge in [-0.1, -0.05) is 0 Å². The highest BCUT2D eigenvalue weighted by Gasteiger charge is 2.13. The fourth-order valence-corrected chi connectivity index (χ4v) is 3.13. The summed E-state index contributed by atoms with van der Waals surface area (Å²) < 4.78 is 0. The normalized spacial score (nSPS) is 24.2. The van der Waals surface area contributed by atoms with Crippen molar-refractivity contribution in [3.8, 4) is 0 Å². The first-order chi connectivity index (χ1) is 9.42. The Labute approximate surface area is 116 Å². The molecule has 2 saturated heterocycles. The Hall–Kier alpha value is -1.22. The van der Waals surface area contributed by atoms with E-state index in [9.17, 15) is 0 Å². The second kappa shape index (κ2) is 6.29. The summed E-state index contributed by atoms with van der Waals surface area (Å²) in [6.45, 7) is 4.71. The summed E-state index contributed by atoms with van der Waals surface area (Å²) in [5, 5.41) is 7.08. The minimum atomic E-state index is 0.592. The van der Waals surface area contributed by atoms with Crippen LogP contribution in [0.25, 0.3) is 0 Å². The number of rotatable bonds is 3. The van der Waals surface area contributed by atoms with Gasteiger partial charge in [-0.25, -0.2) is 0 Å². The quantitative estimate of drug-likeness (QED) is 0.874. The van der Waals surface area contributed by atoms with Crippen LogP contribution in [-0.4, -0.2) is 32.2 Å². The highest BCUT2D eigenvalue weighted by atomic mass is 15.1. The maximum atomic E-state index is 3.63. The Morgan fingerprint density at radius 1 is 1.00 bits per heavy atom. The summed E-state index contributed by atoms with van der Waals surface area (Å²) in [5.41, 5.74) is 2.64. The number of anilines is 2. The fraction of sp³-hybridized carbons (Fsp3) is 0.625. The first kappa shape index (κ1) is 12.8. The molecule has 2 aliphatic rings. The van der Waals surface area contributed by atoms with E-state index in [1.54, 1.807) is 0 Å². The predicted octanol–water partition coefficient (Wildman–Crippen LogP) is 2.84. The molecule has 0 aromatic heterocycles. The Morgan fingerprint density at radius 3 is 2.47 bits per heavy atom. The van der Waals surface area contributed by atoms with Gasteiger partial charge in [0.15, 0.2) is 0 Å². The van der Waals surface area contributed by atoms with Crippen molar-refractivity contribution < 1.29 is 0 Å². The summed E-state index contributed by atoms with van der Waals surface area (Å²) in [6.07, 6.45) is 6.64. The molecule has 0 spiro atoms. The number of nitrogens with one attached hydrogen (secondary N) is 2. The summed E-state index contributed by atoms with van der Waals surface area (Å²) >= 11 is 0. The van der Waals surface area contributed by atoms with Crippen LogP contribution >= 0.6 is 0 Å². The minimum absolute atomic E-state index is 0.592. The van der Waals surface area contributed by atoms with E-state index < -0.39 is 0 Å². The van der Waals surface area contributed by atoms with Crippen LogP contribution in [0.5, 0.6) is 0 Å².